The Morgan fingerprint density at radius 1 is 1.25 bits per heavy atom. The highest BCUT2D eigenvalue weighted by atomic mass is 79.9. The van der Waals surface area contributed by atoms with Crippen LogP contribution >= 0.6 is 11.3 Å². The Morgan fingerprint density at radius 2 is 2.00 bits per heavy atom. The number of ketones is 1. The third-order valence-corrected chi connectivity index (χ3v) is 4.23. The van der Waals surface area contributed by atoms with Crippen LogP contribution in [0.2, 0.25) is 0 Å². The van der Waals surface area contributed by atoms with Crippen molar-refractivity contribution >= 4 is 32.5 Å². The first kappa shape index (κ1) is 18.4. The molecule has 4 nitrogen and oxygen atoms in total. The molecule has 0 saturated carbocycles. The smallest absolute Gasteiger partial charge is 0.184 e. The minimum Gasteiger partial charge on any atom is -1.00 e. The van der Waals surface area contributed by atoms with Crippen LogP contribution in [0, 0.1) is 5.82 Å². The fraction of sp³-hybridized carbons (Fsp3) is 0.176. The molecule has 0 spiro atoms. The Labute approximate surface area is 153 Å². The molecule has 0 saturated heterocycles. The van der Waals surface area contributed by atoms with Gasteiger partial charge in [0.15, 0.2) is 10.9 Å². The fourth-order valence-corrected chi connectivity index (χ4v) is 3.04. The molecule has 0 fully saturated rings. The molecule has 3 rings (SSSR count). The van der Waals surface area contributed by atoms with E-state index in [0.717, 1.165) is 16.0 Å². The normalized spacial score (nSPS) is 10.2. The average Bonchev–Trinajstić information content (AvgIpc) is 2.98. The van der Waals surface area contributed by atoms with Crippen molar-refractivity contribution in [2.24, 2.45) is 0 Å². The number of anilines is 1. The zero-order valence-corrected chi connectivity index (χ0v) is 15.3. The Bertz CT molecular complexity index is 836. The van der Waals surface area contributed by atoms with E-state index in [1.165, 1.54) is 35.6 Å². The van der Waals surface area contributed by atoms with Crippen molar-refractivity contribution in [3.05, 3.63) is 53.8 Å². The van der Waals surface area contributed by atoms with Gasteiger partial charge in [0.25, 0.3) is 0 Å². The minimum atomic E-state index is -0.357. The van der Waals surface area contributed by atoms with Gasteiger partial charge in [-0.2, -0.15) is 0 Å². The van der Waals surface area contributed by atoms with Crippen LogP contribution in [0.1, 0.15) is 17.3 Å². The number of fused-ring (bicyclic) bond motifs is 1. The molecule has 0 bridgehead atoms. The quantitative estimate of drug-likeness (QED) is 0.620. The summed E-state index contributed by atoms with van der Waals surface area (Å²) in [6.45, 7) is 2.60. The maximum Gasteiger partial charge on any atom is 0.184 e. The second kappa shape index (κ2) is 8.21. The second-order valence-corrected chi connectivity index (χ2v) is 5.87. The van der Waals surface area contributed by atoms with Crippen LogP contribution in [0.15, 0.2) is 42.5 Å². The molecule has 126 valence electrons. The molecule has 2 aromatic carbocycles. The number of thiazole rings is 1. The zero-order valence-electron chi connectivity index (χ0n) is 12.9. The van der Waals surface area contributed by atoms with Gasteiger partial charge in [0.2, 0.25) is 0 Å². The van der Waals surface area contributed by atoms with E-state index in [4.69, 9.17) is 4.74 Å². The van der Waals surface area contributed by atoms with Crippen LogP contribution in [0.5, 0.6) is 5.75 Å². The number of halogens is 2. The summed E-state index contributed by atoms with van der Waals surface area (Å²) in [4.78, 5) is 16.6. The highest BCUT2D eigenvalue weighted by Gasteiger charge is 2.11. The van der Waals surface area contributed by atoms with Gasteiger partial charge >= 0.3 is 0 Å². The van der Waals surface area contributed by atoms with Crippen molar-refractivity contribution in [3.63, 3.8) is 0 Å². The zero-order chi connectivity index (χ0) is 16.2. The molecule has 0 amide bonds. The Balaban J connectivity index is 0.00000208. The Hall–Kier alpha value is -1.99. The Morgan fingerprint density at radius 3 is 2.71 bits per heavy atom. The summed E-state index contributed by atoms with van der Waals surface area (Å²) in [6.07, 6.45) is 0. The maximum absolute atomic E-state index is 12.9. The molecule has 7 heteroatoms. The molecule has 0 unspecified atom stereocenters. The fourth-order valence-electron chi connectivity index (χ4n) is 2.16. The van der Waals surface area contributed by atoms with E-state index < -0.39 is 0 Å². The first-order chi connectivity index (χ1) is 11.2. The van der Waals surface area contributed by atoms with Crippen molar-refractivity contribution in [1.29, 1.82) is 0 Å². The summed E-state index contributed by atoms with van der Waals surface area (Å²) >= 11 is 1.46. The molecule has 0 aliphatic heterocycles. The standard InChI is InChI=1S/C17H15FN2O2S.BrH/c1-2-22-14-4-3-5-15-16(14)20-17(23-15)19-10-13(21)11-6-8-12(18)9-7-11;/h3-9H,2,10H2,1H3,(H,19,20);1H/p-1. The highest BCUT2D eigenvalue weighted by Crippen LogP contribution is 2.32. The third-order valence-electron chi connectivity index (χ3n) is 3.25. The molecule has 0 radical (unpaired) electrons. The number of carbonyl (C=O) groups excluding carboxylic acids is 1. The first-order valence-electron chi connectivity index (χ1n) is 7.22. The number of hydrogen-bond donors (Lipinski definition) is 1. The molecule has 1 heterocycles. The predicted molar refractivity (Wildman–Crippen MR) is 90.0 cm³/mol. The van der Waals surface area contributed by atoms with Crippen LogP contribution in [0.3, 0.4) is 0 Å². The first-order valence-corrected chi connectivity index (χ1v) is 8.04. The Kier molecular flexibility index (Phi) is 6.28. The molecular formula is C17H15BrFN2O2S-. The number of rotatable bonds is 6. The van der Waals surface area contributed by atoms with Gasteiger partial charge in [-0.1, -0.05) is 17.4 Å². The largest absolute Gasteiger partial charge is 1.00 e. The summed E-state index contributed by atoms with van der Waals surface area (Å²) in [5, 5.41) is 3.68. The van der Waals surface area contributed by atoms with E-state index in [-0.39, 0.29) is 35.1 Å². The number of benzene rings is 2. The van der Waals surface area contributed by atoms with Gasteiger partial charge in [0, 0.05) is 5.56 Å². The van der Waals surface area contributed by atoms with Crippen LogP contribution in [-0.4, -0.2) is 23.9 Å². The van der Waals surface area contributed by atoms with E-state index in [1.807, 2.05) is 25.1 Å². The molecule has 0 aliphatic rings. The van der Waals surface area contributed by atoms with Crippen LogP contribution < -0.4 is 27.0 Å². The minimum absolute atomic E-state index is 0. The summed E-state index contributed by atoms with van der Waals surface area (Å²) in [5.74, 6) is 0.262. The number of nitrogens with one attached hydrogen (secondary N) is 1. The summed E-state index contributed by atoms with van der Waals surface area (Å²) in [7, 11) is 0. The van der Waals surface area contributed by atoms with Gasteiger partial charge in [-0.15, -0.1) is 0 Å². The van der Waals surface area contributed by atoms with Crippen molar-refractivity contribution in [1.82, 2.24) is 4.98 Å². The van der Waals surface area contributed by atoms with E-state index in [1.54, 1.807) is 0 Å². The van der Waals surface area contributed by atoms with Crippen molar-refractivity contribution < 1.29 is 30.9 Å². The number of hydrogen-bond acceptors (Lipinski definition) is 5. The molecule has 3 aromatic rings. The third kappa shape index (κ3) is 4.10. The molecule has 0 atom stereocenters. The van der Waals surface area contributed by atoms with E-state index in [0.29, 0.717) is 17.3 Å². The molecule has 1 N–H and O–H groups in total. The number of carbonyl (C=O) groups is 1. The van der Waals surface area contributed by atoms with Crippen molar-refractivity contribution in [2.45, 2.75) is 6.92 Å². The number of para-hydroxylation sites is 1. The molecule has 0 aliphatic carbocycles. The SMILES string of the molecule is CCOc1cccc2sc(NCC(=O)c3ccc(F)cc3)nc12.[Br-]. The number of ether oxygens (including phenoxy) is 1. The van der Waals surface area contributed by atoms with E-state index >= 15 is 0 Å². The topological polar surface area (TPSA) is 51.2 Å². The molecular weight excluding hydrogens is 395 g/mol. The number of nitrogens with zero attached hydrogens (tertiary/aromatic N) is 1. The summed E-state index contributed by atoms with van der Waals surface area (Å²) in [6, 6.07) is 11.3. The lowest BCUT2D eigenvalue weighted by molar-refractivity contribution is -0.0000134. The van der Waals surface area contributed by atoms with E-state index in [9.17, 15) is 9.18 Å². The van der Waals surface area contributed by atoms with Gasteiger partial charge in [-0.05, 0) is 43.3 Å². The summed E-state index contributed by atoms with van der Waals surface area (Å²) < 4.78 is 19.4. The van der Waals surface area contributed by atoms with Gasteiger partial charge in [0.1, 0.15) is 17.1 Å². The lowest BCUT2D eigenvalue weighted by Crippen LogP contribution is -3.00. The van der Waals surface area contributed by atoms with Gasteiger partial charge in [0.05, 0.1) is 17.9 Å². The maximum atomic E-state index is 12.9. The molecule has 24 heavy (non-hydrogen) atoms. The lowest BCUT2D eigenvalue weighted by Gasteiger charge is -2.03. The van der Waals surface area contributed by atoms with Crippen LogP contribution in [0.25, 0.3) is 10.2 Å². The highest BCUT2D eigenvalue weighted by molar-refractivity contribution is 7.22. The van der Waals surface area contributed by atoms with E-state index in [2.05, 4.69) is 10.3 Å². The number of Topliss-reactive ketones (excluding diaryl/α,β-unsaturated/α-hetero) is 1. The molecule has 1 aromatic heterocycles. The van der Waals surface area contributed by atoms with Crippen molar-refractivity contribution in [3.8, 4) is 5.75 Å². The predicted octanol–water partition coefficient (Wildman–Crippen LogP) is 1.13. The van der Waals surface area contributed by atoms with Gasteiger partial charge in [-0.3, -0.25) is 4.79 Å². The number of aromatic nitrogens is 1. The summed E-state index contributed by atoms with van der Waals surface area (Å²) in [5.41, 5.74) is 1.26. The van der Waals surface area contributed by atoms with Gasteiger partial charge < -0.3 is 27.0 Å². The van der Waals surface area contributed by atoms with Gasteiger partial charge in [-0.25, -0.2) is 9.37 Å². The average molecular weight is 410 g/mol. The van der Waals surface area contributed by atoms with Crippen LogP contribution in [-0.2, 0) is 0 Å². The second-order valence-electron chi connectivity index (χ2n) is 4.84. The van der Waals surface area contributed by atoms with Crippen LogP contribution in [0.4, 0.5) is 9.52 Å². The monoisotopic (exact) mass is 409 g/mol. The van der Waals surface area contributed by atoms with Crippen molar-refractivity contribution in [2.75, 3.05) is 18.5 Å². The lowest BCUT2D eigenvalue weighted by atomic mass is 10.1.